The monoisotopic (exact) mass is 378 g/mol. The molecule has 0 aromatic heterocycles. The van der Waals surface area contributed by atoms with Gasteiger partial charge in [0.05, 0.1) is 12.7 Å². The van der Waals surface area contributed by atoms with Crippen LogP contribution in [0.2, 0.25) is 0 Å². The van der Waals surface area contributed by atoms with Gasteiger partial charge in [0, 0.05) is 31.1 Å². The smallest absolute Gasteiger partial charge is 0.306 e. The predicted molar refractivity (Wildman–Crippen MR) is 94.6 cm³/mol. The van der Waals surface area contributed by atoms with Crippen LogP contribution in [-0.2, 0) is 23.8 Å². The van der Waals surface area contributed by atoms with Crippen LogP contribution in [0.25, 0.3) is 0 Å². The van der Waals surface area contributed by atoms with Crippen LogP contribution >= 0.6 is 0 Å². The second-order valence-electron chi connectivity index (χ2n) is 9.83. The molecular formula is C21H30O6. The van der Waals surface area contributed by atoms with Gasteiger partial charge in [0.2, 0.25) is 0 Å². The number of esters is 2. The van der Waals surface area contributed by atoms with E-state index in [4.69, 9.17) is 14.2 Å². The molecule has 6 nitrogen and oxygen atoms in total. The summed E-state index contributed by atoms with van der Waals surface area (Å²) in [7, 11) is 0. The zero-order valence-corrected chi connectivity index (χ0v) is 16.2. The second kappa shape index (κ2) is 5.69. The highest BCUT2D eigenvalue weighted by Crippen LogP contribution is 2.68. The van der Waals surface area contributed by atoms with Gasteiger partial charge in [-0.1, -0.05) is 0 Å². The van der Waals surface area contributed by atoms with Gasteiger partial charge in [-0.05, 0) is 57.3 Å². The van der Waals surface area contributed by atoms with Crippen molar-refractivity contribution in [1.82, 2.24) is 0 Å². The topological polar surface area (TPSA) is 82.1 Å². The van der Waals surface area contributed by atoms with Gasteiger partial charge in [-0.15, -0.1) is 0 Å². The van der Waals surface area contributed by atoms with Crippen molar-refractivity contribution in [3.63, 3.8) is 0 Å². The summed E-state index contributed by atoms with van der Waals surface area (Å²) in [6.45, 7) is 4.14. The average Bonchev–Trinajstić information content (AvgIpc) is 2.76. The van der Waals surface area contributed by atoms with Crippen LogP contribution in [-0.4, -0.2) is 47.1 Å². The van der Waals surface area contributed by atoms with E-state index in [1.54, 1.807) is 0 Å². The Balaban J connectivity index is 1.46. The lowest BCUT2D eigenvalue weighted by atomic mass is 9.44. The van der Waals surface area contributed by atoms with E-state index in [-0.39, 0.29) is 35.2 Å². The summed E-state index contributed by atoms with van der Waals surface area (Å²) in [5.41, 5.74) is -1.53. The molecule has 7 unspecified atom stereocenters. The fraction of sp³-hybridized carbons (Fsp3) is 0.905. The van der Waals surface area contributed by atoms with E-state index < -0.39 is 5.60 Å². The molecule has 2 saturated heterocycles. The second-order valence-corrected chi connectivity index (χ2v) is 9.83. The summed E-state index contributed by atoms with van der Waals surface area (Å²) in [4.78, 5) is 23.3. The zero-order chi connectivity index (χ0) is 19.0. The molecule has 5 rings (SSSR count). The van der Waals surface area contributed by atoms with Crippen LogP contribution in [0.1, 0.15) is 65.2 Å². The number of carbonyl (C=O) groups is 2. The Bertz CT molecular complexity index is 678. The number of fused-ring (bicyclic) bond motifs is 3. The van der Waals surface area contributed by atoms with Crippen LogP contribution in [0, 0.1) is 23.2 Å². The molecule has 2 heterocycles. The maximum absolute atomic E-state index is 11.9. The minimum atomic E-state index is -0.911. The molecule has 0 spiro atoms. The first kappa shape index (κ1) is 17.9. The minimum absolute atomic E-state index is 0.0706. The Morgan fingerprint density at radius 1 is 1.22 bits per heavy atom. The van der Waals surface area contributed by atoms with Gasteiger partial charge >= 0.3 is 11.9 Å². The van der Waals surface area contributed by atoms with Crippen LogP contribution < -0.4 is 0 Å². The number of hydrogen-bond acceptors (Lipinski definition) is 6. The molecule has 5 fully saturated rings. The first-order chi connectivity index (χ1) is 12.8. The molecule has 0 aromatic rings. The molecule has 0 amide bonds. The van der Waals surface area contributed by atoms with Crippen molar-refractivity contribution >= 4 is 11.9 Å². The standard InChI is InChI=1S/C21H30O6/c1-12(22)26-13-5-8-20-11-25-17(21(20,24)10-13)9-14-15-3-4-18(23)27-19(15,2)7-6-16(14)20/h13-17,24H,3-11H2,1-2H3/t13-,14?,15?,16?,17?,19?,20?,21?/m0/s1. The summed E-state index contributed by atoms with van der Waals surface area (Å²) < 4.78 is 17.5. The zero-order valence-electron chi connectivity index (χ0n) is 16.2. The Morgan fingerprint density at radius 2 is 2.04 bits per heavy atom. The molecule has 5 aliphatic rings. The highest BCUT2D eigenvalue weighted by Gasteiger charge is 2.72. The molecule has 3 saturated carbocycles. The largest absolute Gasteiger partial charge is 0.462 e. The van der Waals surface area contributed by atoms with Crippen molar-refractivity contribution in [2.45, 2.75) is 88.6 Å². The summed E-state index contributed by atoms with van der Waals surface area (Å²) in [5.74, 6) is 0.813. The van der Waals surface area contributed by atoms with Gasteiger partial charge in [0.15, 0.2) is 0 Å². The molecule has 2 aliphatic heterocycles. The SMILES string of the molecule is CC(=O)O[C@H]1CCC23COC(CC4C5CCC(=O)OC5(C)CCC42)C3(O)C1. The van der Waals surface area contributed by atoms with E-state index >= 15 is 0 Å². The minimum Gasteiger partial charge on any atom is -0.462 e. The van der Waals surface area contributed by atoms with E-state index in [9.17, 15) is 14.7 Å². The van der Waals surface area contributed by atoms with Crippen LogP contribution in [0.15, 0.2) is 0 Å². The van der Waals surface area contributed by atoms with Gasteiger partial charge in [-0.3, -0.25) is 9.59 Å². The fourth-order valence-corrected chi connectivity index (χ4v) is 7.60. The molecule has 1 N–H and O–H groups in total. The quantitative estimate of drug-likeness (QED) is 0.706. The van der Waals surface area contributed by atoms with Crippen LogP contribution in [0.5, 0.6) is 0 Å². The van der Waals surface area contributed by atoms with Crippen molar-refractivity contribution < 1.29 is 28.9 Å². The van der Waals surface area contributed by atoms with Crippen LogP contribution in [0.4, 0.5) is 0 Å². The van der Waals surface area contributed by atoms with Gasteiger partial charge in [-0.2, -0.15) is 0 Å². The molecule has 150 valence electrons. The maximum atomic E-state index is 11.9. The van der Waals surface area contributed by atoms with E-state index in [1.165, 1.54) is 6.92 Å². The highest BCUT2D eigenvalue weighted by molar-refractivity contribution is 5.71. The third-order valence-electron chi connectivity index (χ3n) is 8.69. The van der Waals surface area contributed by atoms with Crippen molar-refractivity contribution in [3.05, 3.63) is 0 Å². The number of aliphatic hydroxyl groups is 1. The Morgan fingerprint density at radius 3 is 2.81 bits per heavy atom. The van der Waals surface area contributed by atoms with Crippen molar-refractivity contribution in [2.24, 2.45) is 23.2 Å². The van der Waals surface area contributed by atoms with Crippen molar-refractivity contribution in [3.8, 4) is 0 Å². The van der Waals surface area contributed by atoms with Gasteiger partial charge in [-0.25, -0.2) is 0 Å². The Hall–Kier alpha value is -1.14. The molecule has 6 heteroatoms. The predicted octanol–water partition coefficient (Wildman–Crippen LogP) is 2.36. The summed E-state index contributed by atoms with van der Waals surface area (Å²) in [5, 5.41) is 11.8. The first-order valence-electron chi connectivity index (χ1n) is 10.5. The average molecular weight is 378 g/mol. The van der Waals surface area contributed by atoms with Gasteiger partial charge in [0.1, 0.15) is 17.3 Å². The molecular weight excluding hydrogens is 348 g/mol. The van der Waals surface area contributed by atoms with E-state index in [2.05, 4.69) is 6.92 Å². The first-order valence-corrected chi connectivity index (χ1v) is 10.5. The summed E-state index contributed by atoms with van der Waals surface area (Å²) >= 11 is 0. The lowest BCUT2D eigenvalue weighted by molar-refractivity contribution is -0.237. The number of carbonyl (C=O) groups excluding carboxylic acids is 2. The number of rotatable bonds is 1. The Kier molecular flexibility index (Phi) is 3.78. The molecule has 27 heavy (non-hydrogen) atoms. The fourth-order valence-electron chi connectivity index (χ4n) is 7.60. The third-order valence-corrected chi connectivity index (χ3v) is 8.69. The van der Waals surface area contributed by atoms with Crippen LogP contribution in [0.3, 0.4) is 0 Å². The molecule has 2 bridgehead atoms. The number of ether oxygens (including phenoxy) is 3. The lowest BCUT2D eigenvalue weighted by Crippen LogP contribution is -2.68. The van der Waals surface area contributed by atoms with Crippen molar-refractivity contribution in [1.29, 1.82) is 0 Å². The normalized spacial score (nSPS) is 53.6. The molecule has 8 atom stereocenters. The molecule has 3 aliphatic carbocycles. The molecule has 0 radical (unpaired) electrons. The summed E-state index contributed by atoms with van der Waals surface area (Å²) in [6, 6.07) is 0. The number of hydrogen-bond donors (Lipinski definition) is 1. The van der Waals surface area contributed by atoms with Crippen molar-refractivity contribution in [2.75, 3.05) is 6.61 Å². The Labute approximate surface area is 159 Å². The third kappa shape index (κ3) is 2.32. The van der Waals surface area contributed by atoms with E-state index in [1.807, 2.05) is 0 Å². The highest BCUT2D eigenvalue weighted by atomic mass is 16.6. The summed E-state index contributed by atoms with van der Waals surface area (Å²) in [6.07, 6.45) is 5.70. The van der Waals surface area contributed by atoms with E-state index in [0.717, 1.165) is 38.5 Å². The van der Waals surface area contributed by atoms with Gasteiger partial charge in [0.25, 0.3) is 0 Å². The maximum Gasteiger partial charge on any atom is 0.306 e. The lowest BCUT2D eigenvalue weighted by Gasteiger charge is -2.63. The van der Waals surface area contributed by atoms with Gasteiger partial charge < -0.3 is 19.3 Å². The van der Waals surface area contributed by atoms with E-state index in [0.29, 0.717) is 37.2 Å². The molecule has 0 aromatic carbocycles.